The van der Waals surface area contributed by atoms with E-state index in [0.717, 1.165) is 31.5 Å². The average Bonchev–Trinajstić information content (AvgIpc) is 2.66. The van der Waals surface area contributed by atoms with E-state index in [4.69, 9.17) is 4.74 Å². The maximum absolute atomic E-state index is 13.6. The Morgan fingerprint density at radius 1 is 1.04 bits per heavy atom. The standard InChI is InChI=1S/C20H25F2N3O/c1-23-20(25-14-17-13-18(21)9-10-19(17)22)24-11-5-6-12-26-15-16-7-3-2-4-8-16/h2-4,7-10,13H,5-6,11-12,14-15H2,1H3,(H2,23,24,25). The molecule has 0 aliphatic rings. The average molecular weight is 361 g/mol. The van der Waals surface area contributed by atoms with E-state index in [1.165, 1.54) is 11.6 Å². The van der Waals surface area contributed by atoms with Crippen molar-refractivity contribution < 1.29 is 13.5 Å². The highest BCUT2D eigenvalue weighted by Gasteiger charge is 2.05. The molecule has 0 heterocycles. The molecular formula is C20H25F2N3O. The predicted octanol–water partition coefficient (Wildman–Crippen LogP) is 3.63. The van der Waals surface area contributed by atoms with E-state index in [-0.39, 0.29) is 12.1 Å². The summed E-state index contributed by atoms with van der Waals surface area (Å²) in [5.41, 5.74) is 1.43. The first-order valence-electron chi connectivity index (χ1n) is 8.69. The molecular weight excluding hydrogens is 336 g/mol. The normalized spacial score (nSPS) is 11.4. The fraction of sp³-hybridized carbons (Fsp3) is 0.350. The lowest BCUT2D eigenvalue weighted by Gasteiger charge is -2.12. The van der Waals surface area contributed by atoms with Crippen LogP contribution in [0.2, 0.25) is 0 Å². The van der Waals surface area contributed by atoms with Crippen LogP contribution in [0.1, 0.15) is 24.0 Å². The first-order chi connectivity index (χ1) is 12.7. The zero-order valence-electron chi connectivity index (χ0n) is 15.0. The highest BCUT2D eigenvalue weighted by molar-refractivity contribution is 5.79. The van der Waals surface area contributed by atoms with Crippen LogP contribution in [0, 0.1) is 11.6 Å². The molecule has 0 aliphatic heterocycles. The van der Waals surface area contributed by atoms with Crippen molar-refractivity contribution in [2.24, 2.45) is 4.99 Å². The predicted molar refractivity (Wildman–Crippen MR) is 99.9 cm³/mol. The molecule has 0 bridgehead atoms. The van der Waals surface area contributed by atoms with E-state index in [9.17, 15) is 8.78 Å². The number of rotatable bonds is 9. The van der Waals surface area contributed by atoms with Gasteiger partial charge < -0.3 is 15.4 Å². The SMILES string of the molecule is CN=C(NCCCCOCc1ccccc1)NCc1cc(F)ccc1F. The second kappa shape index (κ2) is 11.2. The van der Waals surface area contributed by atoms with Crippen molar-refractivity contribution in [1.82, 2.24) is 10.6 Å². The minimum Gasteiger partial charge on any atom is -0.377 e. The van der Waals surface area contributed by atoms with E-state index < -0.39 is 11.6 Å². The van der Waals surface area contributed by atoms with Gasteiger partial charge in [-0.1, -0.05) is 30.3 Å². The summed E-state index contributed by atoms with van der Waals surface area (Å²) in [6.45, 7) is 2.21. The van der Waals surface area contributed by atoms with Crippen LogP contribution >= 0.6 is 0 Å². The summed E-state index contributed by atoms with van der Waals surface area (Å²) in [5.74, 6) is -0.342. The van der Waals surface area contributed by atoms with Gasteiger partial charge in [-0.2, -0.15) is 0 Å². The van der Waals surface area contributed by atoms with Gasteiger partial charge in [0.2, 0.25) is 0 Å². The minimum absolute atomic E-state index is 0.170. The number of benzene rings is 2. The number of aliphatic imine (C=N–C) groups is 1. The third-order valence-corrected chi connectivity index (χ3v) is 3.80. The smallest absolute Gasteiger partial charge is 0.191 e. The lowest BCUT2D eigenvalue weighted by molar-refractivity contribution is 0.117. The molecule has 2 rings (SSSR count). The van der Waals surface area contributed by atoms with Crippen LogP contribution < -0.4 is 10.6 Å². The number of hydrogen-bond donors (Lipinski definition) is 2. The molecule has 0 atom stereocenters. The van der Waals surface area contributed by atoms with Gasteiger partial charge in [0.25, 0.3) is 0 Å². The van der Waals surface area contributed by atoms with Crippen LogP contribution in [-0.2, 0) is 17.9 Å². The van der Waals surface area contributed by atoms with Crippen LogP contribution in [0.15, 0.2) is 53.5 Å². The number of ether oxygens (including phenoxy) is 1. The monoisotopic (exact) mass is 361 g/mol. The number of unbranched alkanes of at least 4 members (excludes halogenated alkanes) is 1. The van der Waals surface area contributed by atoms with Gasteiger partial charge in [0.15, 0.2) is 5.96 Å². The number of halogens is 2. The molecule has 0 saturated carbocycles. The zero-order valence-corrected chi connectivity index (χ0v) is 15.0. The van der Waals surface area contributed by atoms with Gasteiger partial charge in [-0.3, -0.25) is 4.99 Å². The molecule has 0 fully saturated rings. The maximum Gasteiger partial charge on any atom is 0.191 e. The summed E-state index contributed by atoms with van der Waals surface area (Å²) >= 11 is 0. The Labute approximate surface area is 153 Å². The lowest BCUT2D eigenvalue weighted by atomic mass is 10.2. The molecule has 6 heteroatoms. The molecule has 2 aromatic carbocycles. The van der Waals surface area contributed by atoms with Crippen molar-refractivity contribution in [3.63, 3.8) is 0 Å². The van der Waals surface area contributed by atoms with Gasteiger partial charge in [-0.15, -0.1) is 0 Å². The third kappa shape index (κ3) is 7.19. The molecule has 4 nitrogen and oxygen atoms in total. The van der Waals surface area contributed by atoms with Gasteiger partial charge in [0, 0.05) is 32.3 Å². The molecule has 140 valence electrons. The molecule has 0 spiro atoms. The first-order valence-corrected chi connectivity index (χ1v) is 8.69. The molecule has 2 N–H and O–H groups in total. The summed E-state index contributed by atoms with van der Waals surface area (Å²) in [5, 5.41) is 6.13. The first kappa shape index (κ1) is 19.8. The van der Waals surface area contributed by atoms with Crippen molar-refractivity contribution in [2.45, 2.75) is 26.0 Å². The Morgan fingerprint density at radius 2 is 1.85 bits per heavy atom. The Morgan fingerprint density at radius 3 is 2.62 bits per heavy atom. The van der Waals surface area contributed by atoms with Crippen molar-refractivity contribution in [3.8, 4) is 0 Å². The highest BCUT2D eigenvalue weighted by Crippen LogP contribution is 2.09. The van der Waals surface area contributed by atoms with Crippen LogP contribution in [0.4, 0.5) is 8.78 Å². The third-order valence-electron chi connectivity index (χ3n) is 3.80. The fourth-order valence-electron chi connectivity index (χ4n) is 2.38. The zero-order chi connectivity index (χ0) is 18.6. The van der Waals surface area contributed by atoms with E-state index in [1.807, 2.05) is 30.3 Å². The molecule has 0 amide bonds. The van der Waals surface area contributed by atoms with Gasteiger partial charge in [0.05, 0.1) is 6.61 Å². The topological polar surface area (TPSA) is 45.7 Å². The van der Waals surface area contributed by atoms with Crippen molar-refractivity contribution >= 4 is 5.96 Å². The van der Waals surface area contributed by atoms with E-state index in [1.54, 1.807) is 7.05 Å². The van der Waals surface area contributed by atoms with Gasteiger partial charge >= 0.3 is 0 Å². The quantitative estimate of drug-likeness (QED) is 0.407. The van der Waals surface area contributed by atoms with Gasteiger partial charge in [0.1, 0.15) is 11.6 Å². The Balaban J connectivity index is 1.58. The largest absolute Gasteiger partial charge is 0.377 e. The van der Waals surface area contributed by atoms with Crippen molar-refractivity contribution in [1.29, 1.82) is 0 Å². The lowest BCUT2D eigenvalue weighted by Crippen LogP contribution is -2.37. The van der Waals surface area contributed by atoms with Gasteiger partial charge in [-0.05, 0) is 36.6 Å². The Kier molecular flexibility index (Phi) is 8.55. The molecule has 26 heavy (non-hydrogen) atoms. The molecule has 2 aromatic rings. The minimum atomic E-state index is -0.457. The molecule has 0 aromatic heterocycles. The molecule has 0 radical (unpaired) electrons. The summed E-state index contributed by atoms with van der Waals surface area (Å²) in [7, 11) is 1.64. The number of guanidine groups is 1. The van der Waals surface area contributed by atoms with E-state index in [2.05, 4.69) is 15.6 Å². The summed E-state index contributed by atoms with van der Waals surface area (Å²) in [6, 6.07) is 13.5. The number of nitrogens with zero attached hydrogens (tertiary/aromatic N) is 1. The van der Waals surface area contributed by atoms with Gasteiger partial charge in [-0.25, -0.2) is 8.78 Å². The van der Waals surface area contributed by atoms with Crippen LogP contribution in [0.25, 0.3) is 0 Å². The number of hydrogen-bond acceptors (Lipinski definition) is 2. The van der Waals surface area contributed by atoms with Crippen molar-refractivity contribution in [3.05, 3.63) is 71.3 Å². The molecule has 0 unspecified atom stereocenters. The fourth-order valence-corrected chi connectivity index (χ4v) is 2.38. The van der Waals surface area contributed by atoms with Crippen LogP contribution in [-0.4, -0.2) is 26.2 Å². The molecule has 0 aliphatic carbocycles. The van der Waals surface area contributed by atoms with Crippen molar-refractivity contribution in [2.75, 3.05) is 20.2 Å². The summed E-state index contributed by atoms with van der Waals surface area (Å²) in [4.78, 5) is 4.08. The number of nitrogens with one attached hydrogen (secondary N) is 2. The Bertz CT molecular complexity index is 693. The maximum atomic E-state index is 13.6. The van der Waals surface area contributed by atoms with Crippen LogP contribution in [0.3, 0.4) is 0 Å². The molecule has 0 saturated heterocycles. The van der Waals surface area contributed by atoms with E-state index >= 15 is 0 Å². The summed E-state index contributed by atoms with van der Waals surface area (Å²) < 4.78 is 32.4. The second-order valence-corrected chi connectivity index (χ2v) is 5.83. The Hall–Kier alpha value is -2.47. The van der Waals surface area contributed by atoms with Crippen LogP contribution in [0.5, 0.6) is 0 Å². The summed E-state index contributed by atoms with van der Waals surface area (Å²) in [6.07, 6.45) is 1.85. The second-order valence-electron chi connectivity index (χ2n) is 5.83. The van der Waals surface area contributed by atoms with E-state index in [0.29, 0.717) is 19.2 Å². The highest BCUT2D eigenvalue weighted by atomic mass is 19.1.